The molecule has 0 aliphatic rings. The second kappa shape index (κ2) is 4.05. The van der Waals surface area contributed by atoms with Crippen LogP contribution in [0.3, 0.4) is 0 Å². The Bertz CT molecular complexity index is 780. The van der Waals surface area contributed by atoms with Gasteiger partial charge in [-0.1, -0.05) is 0 Å². The first kappa shape index (κ1) is 12.5. The van der Waals surface area contributed by atoms with E-state index in [0.717, 1.165) is 6.26 Å². The number of aromatic nitrogens is 3. The van der Waals surface area contributed by atoms with Crippen LogP contribution < -0.4 is 10.3 Å². The van der Waals surface area contributed by atoms with E-state index >= 15 is 0 Å². The number of methoxy groups -OCH3 is 1. The average Bonchev–Trinajstić information content (AvgIpc) is 2.32. The number of sulfone groups is 1. The van der Waals surface area contributed by atoms with E-state index in [9.17, 15) is 13.2 Å². The molecule has 0 bridgehead atoms. The number of fused-ring (bicyclic) bond motifs is 1. The monoisotopic (exact) mass is 269 g/mol. The van der Waals surface area contributed by atoms with Crippen molar-refractivity contribution in [2.45, 2.75) is 5.16 Å². The van der Waals surface area contributed by atoms with Crippen LogP contribution >= 0.6 is 0 Å². The Hall–Kier alpha value is -1.96. The first-order valence-electron chi connectivity index (χ1n) is 4.95. The highest BCUT2D eigenvalue weighted by molar-refractivity contribution is 7.90. The lowest BCUT2D eigenvalue weighted by Gasteiger charge is -2.07. The van der Waals surface area contributed by atoms with Crippen LogP contribution in [0.5, 0.6) is 5.75 Å². The van der Waals surface area contributed by atoms with Crippen molar-refractivity contribution in [3.8, 4) is 5.75 Å². The van der Waals surface area contributed by atoms with Crippen molar-refractivity contribution in [2.75, 3.05) is 13.4 Å². The maximum atomic E-state index is 11.8. The molecular weight excluding hydrogens is 258 g/mol. The van der Waals surface area contributed by atoms with Crippen molar-refractivity contribution in [3.05, 3.63) is 22.6 Å². The van der Waals surface area contributed by atoms with Gasteiger partial charge in [-0.3, -0.25) is 9.36 Å². The zero-order valence-electron chi connectivity index (χ0n) is 10.0. The van der Waals surface area contributed by atoms with Crippen molar-refractivity contribution in [1.29, 1.82) is 0 Å². The third-order valence-electron chi connectivity index (χ3n) is 2.45. The van der Waals surface area contributed by atoms with Gasteiger partial charge in [-0.15, -0.1) is 0 Å². The zero-order chi connectivity index (χ0) is 13.5. The molecule has 96 valence electrons. The van der Waals surface area contributed by atoms with Gasteiger partial charge in [-0.05, 0) is 6.07 Å². The van der Waals surface area contributed by atoms with Gasteiger partial charge < -0.3 is 4.74 Å². The summed E-state index contributed by atoms with van der Waals surface area (Å²) in [5.74, 6) is 0.153. The third-order valence-corrected chi connectivity index (χ3v) is 3.31. The molecule has 2 rings (SSSR count). The molecule has 0 radical (unpaired) electrons. The number of aryl methyl sites for hydroxylation is 1. The lowest BCUT2D eigenvalue weighted by Crippen LogP contribution is -2.20. The highest BCUT2D eigenvalue weighted by atomic mass is 32.2. The Balaban J connectivity index is 2.88. The molecule has 0 fully saturated rings. The Morgan fingerprint density at radius 3 is 2.61 bits per heavy atom. The number of pyridine rings is 1. The summed E-state index contributed by atoms with van der Waals surface area (Å²) in [4.78, 5) is 19.4. The lowest BCUT2D eigenvalue weighted by molar-refractivity contribution is 0.406. The van der Waals surface area contributed by atoms with E-state index < -0.39 is 9.84 Å². The molecule has 18 heavy (non-hydrogen) atoms. The highest BCUT2D eigenvalue weighted by Gasteiger charge is 2.14. The zero-order valence-corrected chi connectivity index (χ0v) is 10.9. The van der Waals surface area contributed by atoms with Crippen LogP contribution in [-0.4, -0.2) is 36.3 Å². The number of ether oxygens (including phenoxy) is 1. The first-order chi connectivity index (χ1) is 8.34. The van der Waals surface area contributed by atoms with Gasteiger partial charge >= 0.3 is 0 Å². The summed E-state index contributed by atoms with van der Waals surface area (Å²) in [5, 5.41) is 0.219. The Labute approximate surface area is 103 Å². The molecule has 2 aromatic heterocycles. The van der Waals surface area contributed by atoms with Crippen LogP contribution in [-0.2, 0) is 16.9 Å². The van der Waals surface area contributed by atoms with Gasteiger partial charge in [0.1, 0.15) is 5.65 Å². The molecule has 0 aliphatic heterocycles. The predicted octanol–water partition coefficient (Wildman–Crippen LogP) is -0.259. The Kier molecular flexibility index (Phi) is 2.81. The average molecular weight is 269 g/mol. The fourth-order valence-electron chi connectivity index (χ4n) is 1.53. The molecule has 0 atom stereocenters. The van der Waals surface area contributed by atoms with E-state index in [1.807, 2.05) is 0 Å². The molecule has 0 N–H and O–H groups in total. The van der Waals surface area contributed by atoms with E-state index in [4.69, 9.17) is 4.74 Å². The van der Waals surface area contributed by atoms with Crippen molar-refractivity contribution in [1.82, 2.24) is 14.5 Å². The number of hydrogen-bond acceptors (Lipinski definition) is 6. The van der Waals surface area contributed by atoms with Crippen LogP contribution in [0.4, 0.5) is 0 Å². The van der Waals surface area contributed by atoms with Gasteiger partial charge in [0.15, 0.2) is 5.75 Å². The molecule has 8 heteroatoms. The second-order valence-corrected chi connectivity index (χ2v) is 5.69. The van der Waals surface area contributed by atoms with Crippen molar-refractivity contribution >= 4 is 20.9 Å². The Morgan fingerprint density at radius 2 is 2.06 bits per heavy atom. The standard InChI is InChI=1S/C10H11N3O4S/c1-13-8-6(4-7(17-2)9(13)14)5-11-10(12-8)18(3,15)16/h4-5H,1-3H3. The molecule has 0 aliphatic carbocycles. The maximum absolute atomic E-state index is 11.8. The van der Waals surface area contributed by atoms with E-state index in [1.54, 1.807) is 0 Å². The van der Waals surface area contributed by atoms with Crippen molar-refractivity contribution in [3.63, 3.8) is 0 Å². The number of nitrogens with zero attached hydrogens (tertiary/aromatic N) is 3. The van der Waals surface area contributed by atoms with Gasteiger partial charge in [0, 0.05) is 24.9 Å². The molecule has 0 saturated heterocycles. The first-order valence-corrected chi connectivity index (χ1v) is 6.84. The minimum Gasteiger partial charge on any atom is -0.491 e. The van der Waals surface area contributed by atoms with E-state index in [1.165, 1.54) is 31.0 Å². The molecule has 0 amide bonds. The molecule has 2 aromatic rings. The van der Waals surface area contributed by atoms with Crippen LogP contribution in [0.25, 0.3) is 11.0 Å². The number of rotatable bonds is 2. The van der Waals surface area contributed by atoms with Crippen LogP contribution in [0, 0.1) is 0 Å². The fraction of sp³-hybridized carbons (Fsp3) is 0.300. The summed E-state index contributed by atoms with van der Waals surface area (Å²) < 4.78 is 28.9. The minimum atomic E-state index is -3.51. The predicted molar refractivity (Wildman–Crippen MR) is 64.4 cm³/mol. The normalized spacial score (nSPS) is 11.7. The van der Waals surface area contributed by atoms with Crippen LogP contribution in [0.1, 0.15) is 0 Å². The van der Waals surface area contributed by atoms with Gasteiger partial charge in [-0.2, -0.15) is 4.98 Å². The summed E-state index contributed by atoms with van der Waals surface area (Å²) >= 11 is 0. The topological polar surface area (TPSA) is 91.2 Å². The Morgan fingerprint density at radius 1 is 1.39 bits per heavy atom. The molecule has 0 saturated carbocycles. The van der Waals surface area contributed by atoms with Gasteiger partial charge in [0.25, 0.3) is 5.56 Å². The van der Waals surface area contributed by atoms with Crippen molar-refractivity contribution < 1.29 is 13.2 Å². The van der Waals surface area contributed by atoms with Gasteiger partial charge in [-0.25, -0.2) is 13.4 Å². The van der Waals surface area contributed by atoms with E-state index in [2.05, 4.69) is 9.97 Å². The molecule has 7 nitrogen and oxygen atoms in total. The van der Waals surface area contributed by atoms with Crippen LogP contribution in [0.15, 0.2) is 22.2 Å². The number of hydrogen-bond donors (Lipinski definition) is 0. The summed E-state index contributed by atoms with van der Waals surface area (Å²) in [7, 11) is -0.633. The molecule has 2 heterocycles. The smallest absolute Gasteiger partial charge is 0.294 e. The van der Waals surface area contributed by atoms with E-state index in [-0.39, 0.29) is 22.1 Å². The fourth-order valence-corrected chi connectivity index (χ4v) is 2.02. The molecule has 0 unspecified atom stereocenters. The summed E-state index contributed by atoms with van der Waals surface area (Å²) in [5.41, 5.74) is -0.139. The van der Waals surface area contributed by atoms with Crippen molar-refractivity contribution in [2.24, 2.45) is 7.05 Å². The van der Waals surface area contributed by atoms with Gasteiger partial charge in [0.05, 0.1) is 7.11 Å². The van der Waals surface area contributed by atoms with Gasteiger partial charge in [0.2, 0.25) is 15.0 Å². The summed E-state index contributed by atoms with van der Waals surface area (Å²) in [6, 6.07) is 1.48. The third kappa shape index (κ3) is 1.94. The van der Waals surface area contributed by atoms with E-state index in [0.29, 0.717) is 5.39 Å². The SMILES string of the molecule is COc1cc2cnc(S(C)(=O)=O)nc2n(C)c1=O. The lowest BCUT2D eigenvalue weighted by atomic mass is 10.3. The second-order valence-electron chi connectivity index (χ2n) is 3.78. The quantitative estimate of drug-likeness (QED) is 0.698. The summed E-state index contributed by atoms with van der Waals surface area (Å²) in [6.45, 7) is 0. The molecular formula is C10H11N3O4S. The molecule has 0 aromatic carbocycles. The molecule has 0 spiro atoms. The highest BCUT2D eigenvalue weighted by Crippen LogP contribution is 2.15. The minimum absolute atomic E-state index is 0.153. The van der Waals surface area contributed by atoms with Crippen LogP contribution in [0.2, 0.25) is 0 Å². The largest absolute Gasteiger partial charge is 0.491 e. The maximum Gasteiger partial charge on any atom is 0.294 e. The summed E-state index contributed by atoms with van der Waals surface area (Å²) in [6.07, 6.45) is 2.36.